The summed E-state index contributed by atoms with van der Waals surface area (Å²) in [4.78, 5) is 2.45. The Morgan fingerprint density at radius 3 is 1.81 bits per heavy atom. The van der Waals surface area contributed by atoms with Crippen LogP contribution in [-0.4, -0.2) is 65.7 Å². The molecule has 0 spiro atoms. The zero-order chi connectivity index (χ0) is 22.2. The summed E-state index contributed by atoms with van der Waals surface area (Å²) < 4.78 is 27.9. The van der Waals surface area contributed by atoms with E-state index < -0.39 is 0 Å². The lowest BCUT2D eigenvalue weighted by atomic mass is 9.99. The topological polar surface area (TPSA) is 61.4 Å². The van der Waals surface area contributed by atoms with E-state index >= 15 is 0 Å². The molecule has 1 aliphatic rings. The van der Waals surface area contributed by atoms with Gasteiger partial charge >= 0.3 is 0 Å². The van der Waals surface area contributed by atoms with Crippen molar-refractivity contribution in [3.8, 4) is 23.0 Å². The van der Waals surface area contributed by atoms with Gasteiger partial charge in [0.2, 0.25) is 0 Å². The van der Waals surface area contributed by atoms with Crippen molar-refractivity contribution in [2.75, 3.05) is 48.6 Å². The van der Waals surface area contributed by atoms with E-state index in [4.69, 9.17) is 23.7 Å². The van der Waals surface area contributed by atoms with Crippen molar-refractivity contribution in [1.29, 1.82) is 0 Å². The highest BCUT2D eigenvalue weighted by atomic mass is 16.5. The van der Waals surface area contributed by atoms with Gasteiger partial charge in [0.15, 0.2) is 0 Å². The molecule has 0 unspecified atom stereocenters. The van der Waals surface area contributed by atoms with Crippen LogP contribution in [0.25, 0.3) is 0 Å². The summed E-state index contributed by atoms with van der Waals surface area (Å²) in [5.74, 6) is 3.18. The van der Waals surface area contributed by atoms with Crippen LogP contribution in [0.15, 0.2) is 36.4 Å². The minimum atomic E-state index is 0.0993. The number of rotatable bonds is 10. The molecule has 1 saturated heterocycles. The molecular weight excluding hydrogens is 396 g/mol. The summed E-state index contributed by atoms with van der Waals surface area (Å²) in [7, 11) is 8.49. The van der Waals surface area contributed by atoms with Crippen molar-refractivity contribution in [3.63, 3.8) is 0 Å². The molecule has 0 aliphatic carbocycles. The van der Waals surface area contributed by atoms with E-state index in [9.17, 15) is 0 Å². The Kier molecular flexibility index (Phi) is 8.40. The number of nitrogens with one attached hydrogen (secondary N) is 1. The predicted molar refractivity (Wildman–Crippen MR) is 120 cm³/mol. The standard InChI is InChI=1S/C24H34N2O5/c1-27-19-8-6-17(22(12-19)29-3)15-26(21-10-11-25-14-24(21)31-5)16-18-7-9-20(28-2)13-23(18)30-4/h6-9,12-13,21,24-25H,10-11,14-16H2,1-5H3/t21-,24+/m0/s1. The fourth-order valence-corrected chi connectivity index (χ4v) is 4.17. The normalized spacial score (nSPS) is 18.6. The second kappa shape index (κ2) is 11.2. The number of piperidine rings is 1. The number of nitrogens with zero attached hydrogens (tertiary/aromatic N) is 1. The maximum absolute atomic E-state index is 5.84. The molecule has 3 rings (SSSR count). The Labute approximate surface area is 185 Å². The van der Waals surface area contributed by atoms with E-state index in [1.165, 1.54) is 0 Å². The summed E-state index contributed by atoms with van der Waals surface area (Å²) in [5, 5.41) is 3.44. The highest BCUT2D eigenvalue weighted by Crippen LogP contribution is 2.31. The van der Waals surface area contributed by atoms with Crippen molar-refractivity contribution in [3.05, 3.63) is 47.5 Å². The quantitative estimate of drug-likeness (QED) is 0.621. The van der Waals surface area contributed by atoms with E-state index in [0.717, 1.165) is 53.6 Å². The van der Waals surface area contributed by atoms with Gasteiger partial charge in [-0.05, 0) is 25.1 Å². The second-order valence-corrected chi connectivity index (χ2v) is 7.59. The third kappa shape index (κ3) is 5.61. The molecule has 2 aromatic carbocycles. The van der Waals surface area contributed by atoms with E-state index in [-0.39, 0.29) is 12.1 Å². The van der Waals surface area contributed by atoms with Gasteiger partial charge < -0.3 is 29.0 Å². The number of methoxy groups -OCH3 is 5. The molecule has 7 nitrogen and oxygen atoms in total. The van der Waals surface area contributed by atoms with E-state index in [0.29, 0.717) is 13.1 Å². The van der Waals surface area contributed by atoms with Crippen molar-refractivity contribution in [2.24, 2.45) is 0 Å². The van der Waals surface area contributed by atoms with Gasteiger partial charge in [-0.1, -0.05) is 12.1 Å². The van der Waals surface area contributed by atoms with Gasteiger partial charge in [-0.15, -0.1) is 0 Å². The number of benzene rings is 2. The molecule has 0 amide bonds. The Hall–Kier alpha value is -2.48. The van der Waals surface area contributed by atoms with E-state index in [1.807, 2.05) is 24.3 Å². The van der Waals surface area contributed by atoms with Crippen LogP contribution in [0.3, 0.4) is 0 Å². The third-order valence-corrected chi connectivity index (χ3v) is 5.90. The molecule has 7 heteroatoms. The second-order valence-electron chi connectivity index (χ2n) is 7.59. The van der Waals surface area contributed by atoms with Crippen LogP contribution >= 0.6 is 0 Å². The van der Waals surface area contributed by atoms with Crippen LogP contribution in [0.1, 0.15) is 17.5 Å². The first kappa shape index (κ1) is 23.2. The average molecular weight is 431 g/mol. The van der Waals surface area contributed by atoms with Crippen molar-refractivity contribution in [1.82, 2.24) is 10.2 Å². The Morgan fingerprint density at radius 2 is 1.35 bits per heavy atom. The molecule has 1 aliphatic heterocycles. The summed E-state index contributed by atoms with van der Waals surface area (Å²) in [6, 6.07) is 12.2. The average Bonchev–Trinajstić information content (AvgIpc) is 2.83. The SMILES string of the molecule is COc1ccc(CN(Cc2ccc(OC)cc2OC)[C@H]2CCNC[C@H]2OC)c(OC)c1. The van der Waals surface area contributed by atoms with Crippen LogP contribution in [0, 0.1) is 0 Å². The molecule has 1 N–H and O–H groups in total. The molecule has 31 heavy (non-hydrogen) atoms. The van der Waals surface area contributed by atoms with Crippen molar-refractivity contribution >= 4 is 0 Å². The number of hydrogen-bond acceptors (Lipinski definition) is 7. The van der Waals surface area contributed by atoms with Crippen molar-refractivity contribution < 1.29 is 23.7 Å². The van der Waals surface area contributed by atoms with Gasteiger partial charge in [0.05, 0.1) is 34.5 Å². The fraction of sp³-hybridized carbons (Fsp3) is 0.500. The summed E-state index contributed by atoms with van der Waals surface area (Å²) in [6.07, 6.45) is 1.09. The molecule has 2 atom stereocenters. The highest BCUT2D eigenvalue weighted by Gasteiger charge is 2.31. The van der Waals surface area contributed by atoms with E-state index in [2.05, 4.69) is 22.3 Å². The Morgan fingerprint density at radius 1 is 0.806 bits per heavy atom. The minimum absolute atomic E-state index is 0.0993. The molecule has 0 radical (unpaired) electrons. The van der Waals surface area contributed by atoms with Gasteiger partial charge in [-0.25, -0.2) is 0 Å². The van der Waals surface area contributed by atoms with Gasteiger partial charge in [0.25, 0.3) is 0 Å². The number of ether oxygens (including phenoxy) is 5. The Bertz CT molecular complexity index is 787. The van der Waals surface area contributed by atoms with Crippen LogP contribution in [0.5, 0.6) is 23.0 Å². The summed E-state index contributed by atoms with van der Waals surface area (Å²) in [5.41, 5.74) is 2.20. The molecule has 0 saturated carbocycles. The molecule has 0 aromatic heterocycles. The highest BCUT2D eigenvalue weighted by molar-refractivity contribution is 5.42. The molecule has 170 valence electrons. The lowest BCUT2D eigenvalue weighted by Crippen LogP contribution is -2.53. The fourth-order valence-electron chi connectivity index (χ4n) is 4.17. The molecule has 2 aromatic rings. The first-order chi connectivity index (χ1) is 15.1. The summed E-state index contributed by atoms with van der Waals surface area (Å²) in [6.45, 7) is 3.22. The smallest absolute Gasteiger partial charge is 0.127 e. The lowest BCUT2D eigenvalue weighted by Gasteiger charge is -2.40. The minimum Gasteiger partial charge on any atom is -0.497 e. The Balaban J connectivity index is 1.94. The zero-order valence-electron chi connectivity index (χ0n) is 19.1. The summed E-state index contributed by atoms with van der Waals surface area (Å²) >= 11 is 0. The molecular formula is C24H34N2O5. The maximum atomic E-state index is 5.84. The monoisotopic (exact) mass is 430 g/mol. The molecule has 1 heterocycles. The predicted octanol–water partition coefficient (Wildman–Crippen LogP) is 3.10. The van der Waals surface area contributed by atoms with Gasteiger partial charge in [0.1, 0.15) is 23.0 Å². The first-order valence-corrected chi connectivity index (χ1v) is 10.5. The zero-order valence-corrected chi connectivity index (χ0v) is 19.1. The van der Waals surface area contributed by atoms with Crippen LogP contribution in [0.4, 0.5) is 0 Å². The first-order valence-electron chi connectivity index (χ1n) is 10.5. The number of hydrogen-bond donors (Lipinski definition) is 1. The maximum Gasteiger partial charge on any atom is 0.127 e. The van der Waals surface area contributed by atoms with Crippen LogP contribution in [-0.2, 0) is 17.8 Å². The van der Waals surface area contributed by atoms with E-state index in [1.54, 1.807) is 35.5 Å². The van der Waals surface area contributed by atoms with Crippen LogP contribution < -0.4 is 24.3 Å². The van der Waals surface area contributed by atoms with Crippen molar-refractivity contribution in [2.45, 2.75) is 31.7 Å². The third-order valence-electron chi connectivity index (χ3n) is 5.90. The largest absolute Gasteiger partial charge is 0.497 e. The lowest BCUT2D eigenvalue weighted by molar-refractivity contribution is -0.00964. The molecule has 0 bridgehead atoms. The molecule has 1 fully saturated rings. The van der Waals surface area contributed by atoms with Crippen LogP contribution in [0.2, 0.25) is 0 Å². The van der Waals surface area contributed by atoms with Gasteiger partial charge in [-0.3, -0.25) is 4.90 Å². The van der Waals surface area contributed by atoms with Gasteiger partial charge in [-0.2, -0.15) is 0 Å². The van der Waals surface area contributed by atoms with Gasteiger partial charge in [0, 0.05) is 56.0 Å².